The molecule has 0 saturated carbocycles. The molecular weight excluding hydrogens is 314 g/mol. The van der Waals surface area contributed by atoms with Gasteiger partial charge in [0.25, 0.3) is 5.91 Å². The Kier molecular flexibility index (Phi) is 5.14. The minimum Gasteiger partial charge on any atom is -0.494 e. The van der Waals surface area contributed by atoms with Gasteiger partial charge in [-0.2, -0.15) is 0 Å². The molecule has 1 amide bonds. The second kappa shape index (κ2) is 7.66. The molecule has 0 spiro atoms. The summed E-state index contributed by atoms with van der Waals surface area (Å²) in [7, 11) is 0. The van der Waals surface area contributed by atoms with Crippen LogP contribution < -0.4 is 10.1 Å². The molecule has 128 valence electrons. The molecule has 0 aliphatic heterocycles. The Bertz CT molecular complexity index is 809. The van der Waals surface area contributed by atoms with E-state index in [0.29, 0.717) is 12.2 Å². The minimum atomic E-state index is -0.103. The van der Waals surface area contributed by atoms with Gasteiger partial charge in [0, 0.05) is 23.6 Å². The van der Waals surface area contributed by atoms with E-state index in [2.05, 4.69) is 10.3 Å². The number of carbonyl (C=O) groups is 1. The lowest BCUT2D eigenvalue weighted by atomic mass is 10.1. The van der Waals surface area contributed by atoms with Crippen molar-refractivity contribution in [3.63, 3.8) is 0 Å². The van der Waals surface area contributed by atoms with Gasteiger partial charge in [0.05, 0.1) is 19.0 Å². The van der Waals surface area contributed by atoms with Crippen LogP contribution in [0, 0.1) is 0 Å². The van der Waals surface area contributed by atoms with Gasteiger partial charge in [0.1, 0.15) is 5.75 Å². The number of hydrogen-bond acceptors (Lipinski definition) is 3. The van der Waals surface area contributed by atoms with Crippen LogP contribution in [0.3, 0.4) is 0 Å². The second-order valence-corrected chi connectivity index (χ2v) is 5.71. The molecule has 0 fully saturated rings. The molecular formula is C20H21N3O2. The summed E-state index contributed by atoms with van der Waals surface area (Å²) in [5.74, 6) is 0.663. The maximum atomic E-state index is 12.4. The fourth-order valence-corrected chi connectivity index (χ4v) is 2.58. The Labute approximate surface area is 147 Å². The van der Waals surface area contributed by atoms with Crippen molar-refractivity contribution in [3.05, 3.63) is 78.4 Å². The van der Waals surface area contributed by atoms with Gasteiger partial charge in [-0.25, -0.2) is 4.98 Å². The second-order valence-electron chi connectivity index (χ2n) is 5.71. The molecule has 3 rings (SSSR count). The van der Waals surface area contributed by atoms with Crippen LogP contribution in [0.1, 0.15) is 35.8 Å². The van der Waals surface area contributed by atoms with E-state index in [-0.39, 0.29) is 11.9 Å². The van der Waals surface area contributed by atoms with E-state index in [1.54, 1.807) is 24.7 Å². The highest BCUT2D eigenvalue weighted by Gasteiger charge is 2.11. The highest BCUT2D eigenvalue weighted by molar-refractivity contribution is 5.94. The summed E-state index contributed by atoms with van der Waals surface area (Å²) in [5.41, 5.74) is 2.69. The van der Waals surface area contributed by atoms with Gasteiger partial charge in [-0.15, -0.1) is 0 Å². The molecule has 1 heterocycles. The van der Waals surface area contributed by atoms with E-state index >= 15 is 0 Å². The molecule has 0 bridgehead atoms. The molecule has 25 heavy (non-hydrogen) atoms. The van der Waals surface area contributed by atoms with Crippen LogP contribution in [0.25, 0.3) is 5.69 Å². The van der Waals surface area contributed by atoms with Crippen molar-refractivity contribution >= 4 is 5.91 Å². The summed E-state index contributed by atoms with van der Waals surface area (Å²) in [6.45, 7) is 4.51. The van der Waals surface area contributed by atoms with E-state index in [9.17, 15) is 4.79 Å². The zero-order valence-corrected chi connectivity index (χ0v) is 14.3. The normalized spacial score (nSPS) is 11.8. The summed E-state index contributed by atoms with van der Waals surface area (Å²) in [4.78, 5) is 16.4. The summed E-state index contributed by atoms with van der Waals surface area (Å²) in [6.07, 6.45) is 5.39. The third-order valence-electron chi connectivity index (χ3n) is 3.97. The lowest BCUT2D eigenvalue weighted by Gasteiger charge is -2.15. The maximum Gasteiger partial charge on any atom is 0.251 e. The molecule has 3 aromatic rings. The third kappa shape index (κ3) is 4.07. The topological polar surface area (TPSA) is 56.1 Å². The molecule has 1 N–H and O–H groups in total. The predicted molar refractivity (Wildman–Crippen MR) is 97.1 cm³/mol. The Morgan fingerprint density at radius 2 is 1.88 bits per heavy atom. The van der Waals surface area contributed by atoms with Gasteiger partial charge < -0.3 is 14.6 Å². The number of imidazole rings is 1. The van der Waals surface area contributed by atoms with Crippen LogP contribution in [0.4, 0.5) is 0 Å². The average Bonchev–Trinajstić information content (AvgIpc) is 3.17. The standard InChI is InChI=1S/C20H21N3O2/c1-3-25-19-10-6-17(7-11-19)20(24)22-15(2)16-4-8-18(9-5-16)23-13-12-21-14-23/h4-15H,3H2,1-2H3,(H,22,24). The highest BCUT2D eigenvalue weighted by Crippen LogP contribution is 2.17. The van der Waals surface area contributed by atoms with Crippen molar-refractivity contribution in [3.8, 4) is 11.4 Å². The summed E-state index contributed by atoms with van der Waals surface area (Å²) in [6, 6.07) is 15.1. The molecule has 0 aliphatic carbocycles. The molecule has 2 aromatic carbocycles. The van der Waals surface area contributed by atoms with Crippen molar-refractivity contribution in [1.82, 2.24) is 14.9 Å². The first-order chi connectivity index (χ1) is 12.2. The van der Waals surface area contributed by atoms with Crippen LogP contribution in [0.5, 0.6) is 5.75 Å². The van der Waals surface area contributed by atoms with Crippen LogP contribution in [-0.2, 0) is 0 Å². The van der Waals surface area contributed by atoms with Crippen LogP contribution in [0.2, 0.25) is 0 Å². The smallest absolute Gasteiger partial charge is 0.251 e. The first kappa shape index (κ1) is 16.8. The largest absolute Gasteiger partial charge is 0.494 e. The number of benzene rings is 2. The quantitative estimate of drug-likeness (QED) is 0.746. The zero-order chi connectivity index (χ0) is 17.6. The summed E-state index contributed by atoms with van der Waals surface area (Å²) >= 11 is 0. The number of carbonyl (C=O) groups excluding carboxylic acids is 1. The van der Waals surface area contributed by atoms with Gasteiger partial charge in [-0.1, -0.05) is 12.1 Å². The Morgan fingerprint density at radius 3 is 2.48 bits per heavy atom. The monoisotopic (exact) mass is 335 g/mol. The van der Waals surface area contributed by atoms with Crippen molar-refractivity contribution < 1.29 is 9.53 Å². The van der Waals surface area contributed by atoms with Crippen molar-refractivity contribution in [2.75, 3.05) is 6.61 Å². The number of nitrogens with one attached hydrogen (secondary N) is 1. The molecule has 5 nitrogen and oxygen atoms in total. The first-order valence-electron chi connectivity index (χ1n) is 8.29. The Hall–Kier alpha value is -3.08. The number of hydrogen-bond donors (Lipinski definition) is 1. The lowest BCUT2D eigenvalue weighted by Crippen LogP contribution is -2.26. The number of rotatable bonds is 6. The lowest BCUT2D eigenvalue weighted by molar-refractivity contribution is 0.0940. The number of nitrogens with zero attached hydrogens (tertiary/aromatic N) is 2. The summed E-state index contributed by atoms with van der Waals surface area (Å²) < 4.78 is 7.33. The van der Waals surface area contributed by atoms with E-state index < -0.39 is 0 Å². The Morgan fingerprint density at radius 1 is 1.16 bits per heavy atom. The minimum absolute atomic E-state index is 0.0871. The van der Waals surface area contributed by atoms with Gasteiger partial charge in [-0.3, -0.25) is 4.79 Å². The highest BCUT2D eigenvalue weighted by atomic mass is 16.5. The van der Waals surface area contributed by atoms with Gasteiger partial charge in [-0.05, 0) is 55.8 Å². The number of amides is 1. The fourth-order valence-electron chi connectivity index (χ4n) is 2.58. The van der Waals surface area contributed by atoms with Gasteiger partial charge in [0.15, 0.2) is 0 Å². The molecule has 0 radical (unpaired) electrons. The molecule has 1 aromatic heterocycles. The SMILES string of the molecule is CCOc1ccc(C(=O)NC(C)c2ccc(-n3ccnc3)cc2)cc1. The van der Waals surface area contributed by atoms with Crippen LogP contribution >= 0.6 is 0 Å². The summed E-state index contributed by atoms with van der Waals surface area (Å²) in [5, 5.41) is 3.02. The van der Waals surface area contributed by atoms with Crippen molar-refractivity contribution in [2.45, 2.75) is 19.9 Å². The van der Waals surface area contributed by atoms with Gasteiger partial charge >= 0.3 is 0 Å². The molecule has 1 atom stereocenters. The van der Waals surface area contributed by atoms with E-state index in [1.165, 1.54) is 0 Å². The Balaban J connectivity index is 1.64. The molecule has 1 unspecified atom stereocenters. The number of aromatic nitrogens is 2. The predicted octanol–water partition coefficient (Wildman–Crippen LogP) is 3.76. The third-order valence-corrected chi connectivity index (χ3v) is 3.97. The zero-order valence-electron chi connectivity index (χ0n) is 14.3. The molecule has 5 heteroatoms. The maximum absolute atomic E-state index is 12.4. The van der Waals surface area contributed by atoms with E-state index in [0.717, 1.165) is 17.0 Å². The molecule has 0 saturated heterocycles. The van der Waals surface area contributed by atoms with Gasteiger partial charge in [0.2, 0.25) is 0 Å². The number of ether oxygens (including phenoxy) is 1. The first-order valence-corrected chi connectivity index (χ1v) is 8.29. The van der Waals surface area contributed by atoms with Crippen molar-refractivity contribution in [2.24, 2.45) is 0 Å². The van der Waals surface area contributed by atoms with E-state index in [4.69, 9.17) is 4.74 Å². The fraction of sp³-hybridized carbons (Fsp3) is 0.200. The van der Waals surface area contributed by atoms with Crippen LogP contribution in [-0.4, -0.2) is 22.1 Å². The van der Waals surface area contributed by atoms with Crippen molar-refractivity contribution in [1.29, 1.82) is 0 Å². The molecule has 0 aliphatic rings. The van der Waals surface area contributed by atoms with E-state index in [1.807, 2.05) is 61.0 Å². The average molecular weight is 335 g/mol. The van der Waals surface area contributed by atoms with Crippen LogP contribution in [0.15, 0.2) is 67.3 Å².